The van der Waals surface area contributed by atoms with Crippen LogP contribution in [0.25, 0.3) is 0 Å². The number of rotatable bonds is 14. The van der Waals surface area contributed by atoms with E-state index in [1.165, 1.54) is 44.9 Å². The molecule has 4 nitrogen and oxygen atoms in total. The van der Waals surface area contributed by atoms with Gasteiger partial charge in [-0.1, -0.05) is 76.5 Å². The highest BCUT2D eigenvalue weighted by Crippen LogP contribution is 2.10. The highest BCUT2D eigenvalue weighted by molar-refractivity contribution is 5.89. The van der Waals surface area contributed by atoms with E-state index >= 15 is 0 Å². The molecule has 0 spiro atoms. The first-order valence-electron chi connectivity index (χ1n) is 9.62. The summed E-state index contributed by atoms with van der Waals surface area (Å²) >= 11 is 0. The van der Waals surface area contributed by atoms with E-state index in [2.05, 4.69) is 6.92 Å². The number of carbonyl (C=O) groups excluding carboxylic acids is 2. The maximum absolute atomic E-state index is 11.7. The van der Waals surface area contributed by atoms with Crippen LogP contribution < -0.4 is 0 Å². The van der Waals surface area contributed by atoms with Crippen LogP contribution in [0, 0.1) is 0 Å². The van der Waals surface area contributed by atoms with Crippen molar-refractivity contribution in [1.82, 2.24) is 0 Å². The average Bonchev–Trinajstić information content (AvgIpc) is 2.64. The van der Waals surface area contributed by atoms with Crippen molar-refractivity contribution in [2.24, 2.45) is 0 Å². The highest BCUT2D eigenvalue weighted by Gasteiger charge is 2.07. The van der Waals surface area contributed by atoms with E-state index in [1.807, 2.05) is 6.07 Å². The van der Waals surface area contributed by atoms with Crippen LogP contribution in [0.15, 0.2) is 30.3 Å². The molecule has 0 aliphatic carbocycles. The topological polar surface area (TPSA) is 52.6 Å². The third-order valence-electron chi connectivity index (χ3n) is 4.07. The molecule has 0 unspecified atom stereocenters. The van der Waals surface area contributed by atoms with Crippen LogP contribution in [0.1, 0.15) is 81.5 Å². The van der Waals surface area contributed by atoms with E-state index in [1.54, 1.807) is 24.3 Å². The first-order valence-corrected chi connectivity index (χ1v) is 9.62. The molecule has 0 aliphatic heterocycles. The fourth-order valence-corrected chi connectivity index (χ4v) is 2.60. The summed E-state index contributed by atoms with van der Waals surface area (Å²) in [6.07, 6.45) is 11.4. The summed E-state index contributed by atoms with van der Waals surface area (Å²) in [4.78, 5) is 23.3. The van der Waals surface area contributed by atoms with Gasteiger partial charge in [-0.25, -0.2) is 4.79 Å². The Morgan fingerprint density at radius 1 is 0.760 bits per heavy atom. The van der Waals surface area contributed by atoms with Crippen molar-refractivity contribution in [1.29, 1.82) is 0 Å². The van der Waals surface area contributed by atoms with Gasteiger partial charge in [0.15, 0.2) is 0 Å². The molecule has 0 saturated heterocycles. The van der Waals surface area contributed by atoms with Gasteiger partial charge in [0.05, 0.1) is 5.56 Å². The van der Waals surface area contributed by atoms with Crippen LogP contribution in [0.4, 0.5) is 0 Å². The lowest BCUT2D eigenvalue weighted by Crippen LogP contribution is -2.13. The highest BCUT2D eigenvalue weighted by atomic mass is 16.6. The second kappa shape index (κ2) is 14.5. The van der Waals surface area contributed by atoms with Crippen molar-refractivity contribution < 1.29 is 19.1 Å². The molecule has 1 aromatic carbocycles. The van der Waals surface area contributed by atoms with Crippen LogP contribution >= 0.6 is 0 Å². The largest absolute Gasteiger partial charge is 0.462 e. The fourth-order valence-electron chi connectivity index (χ4n) is 2.60. The molecule has 140 valence electrons. The first kappa shape index (κ1) is 21.2. The minimum Gasteiger partial charge on any atom is -0.462 e. The van der Waals surface area contributed by atoms with Crippen molar-refractivity contribution in [2.75, 3.05) is 13.2 Å². The number of ether oxygens (including phenoxy) is 2. The molecular formula is C21H32O4. The summed E-state index contributed by atoms with van der Waals surface area (Å²) in [5.41, 5.74) is 0.503. The lowest BCUT2D eigenvalue weighted by molar-refractivity contribution is -0.144. The van der Waals surface area contributed by atoms with Gasteiger partial charge in [0.1, 0.15) is 13.2 Å². The van der Waals surface area contributed by atoms with Gasteiger partial charge in [-0.05, 0) is 18.6 Å². The molecule has 4 heteroatoms. The summed E-state index contributed by atoms with van der Waals surface area (Å²) in [5.74, 6) is -0.603. The third kappa shape index (κ3) is 11.4. The molecule has 1 rings (SSSR count). The van der Waals surface area contributed by atoms with Gasteiger partial charge in [0.25, 0.3) is 0 Å². The number of unbranched alkanes of at least 4 members (excludes halogenated alkanes) is 8. The first-order chi connectivity index (χ1) is 12.2. The minimum atomic E-state index is -0.393. The van der Waals surface area contributed by atoms with Gasteiger partial charge < -0.3 is 9.47 Å². The Morgan fingerprint density at radius 3 is 1.96 bits per heavy atom. The van der Waals surface area contributed by atoms with Gasteiger partial charge >= 0.3 is 11.9 Å². The van der Waals surface area contributed by atoms with Crippen LogP contribution in [-0.2, 0) is 14.3 Å². The molecule has 0 amide bonds. The summed E-state index contributed by atoms with van der Waals surface area (Å²) in [6.45, 7) is 2.44. The molecule has 0 bridgehead atoms. The fraction of sp³-hybridized carbons (Fsp3) is 0.619. The Kier molecular flexibility index (Phi) is 12.3. The Morgan fingerprint density at radius 2 is 1.32 bits per heavy atom. The molecule has 0 aromatic heterocycles. The maximum Gasteiger partial charge on any atom is 0.338 e. The molecule has 0 aliphatic rings. The predicted molar refractivity (Wildman–Crippen MR) is 99.5 cm³/mol. The van der Waals surface area contributed by atoms with E-state index in [4.69, 9.17) is 9.47 Å². The van der Waals surface area contributed by atoms with Crippen LogP contribution in [0.3, 0.4) is 0 Å². The Balaban J connectivity index is 1.91. The van der Waals surface area contributed by atoms with Crippen LogP contribution in [-0.4, -0.2) is 25.2 Å². The normalized spacial score (nSPS) is 10.4. The predicted octanol–water partition coefficient (Wildman–Crippen LogP) is 5.31. The molecule has 0 radical (unpaired) electrons. The number of hydrogen-bond acceptors (Lipinski definition) is 4. The Hall–Kier alpha value is -1.84. The van der Waals surface area contributed by atoms with E-state index < -0.39 is 5.97 Å². The zero-order valence-corrected chi connectivity index (χ0v) is 15.5. The summed E-state index contributed by atoms with van der Waals surface area (Å²) in [5, 5.41) is 0. The summed E-state index contributed by atoms with van der Waals surface area (Å²) in [6, 6.07) is 8.78. The molecule has 0 heterocycles. The van der Waals surface area contributed by atoms with Gasteiger partial charge in [-0.2, -0.15) is 0 Å². The number of carbonyl (C=O) groups is 2. The van der Waals surface area contributed by atoms with Gasteiger partial charge in [-0.15, -0.1) is 0 Å². The second-order valence-electron chi connectivity index (χ2n) is 6.30. The second-order valence-corrected chi connectivity index (χ2v) is 6.30. The van der Waals surface area contributed by atoms with Gasteiger partial charge in [0.2, 0.25) is 0 Å². The Bertz CT molecular complexity index is 470. The molecule has 25 heavy (non-hydrogen) atoms. The van der Waals surface area contributed by atoms with E-state index in [9.17, 15) is 9.59 Å². The molecule has 0 N–H and O–H groups in total. The van der Waals surface area contributed by atoms with Gasteiger partial charge in [-0.3, -0.25) is 4.79 Å². The number of esters is 2. The van der Waals surface area contributed by atoms with Crippen molar-refractivity contribution in [2.45, 2.75) is 71.1 Å². The zero-order valence-electron chi connectivity index (χ0n) is 15.5. The smallest absolute Gasteiger partial charge is 0.338 e. The molecular weight excluding hydrogens is 316 g/mol. The monoisotopic (exact) mass is 348 g/mol. The van der Waals surface area contributed by atoms with Crippen molar-refractivity contribution in [3.8, 4) is 0 Å². The number of hydrogen-bond donors (Lipinski definition) is 0. The van der Waals surface area contributed by atoms with E-state index in [0.29, 0.717) is 12.0 Å². The van der Waals surface area contributed by atoms with Crippen LogP contribution in [0.5, 0.6) is 0 Å². The molecule has 1 aromatic rings. The van der Waals surface area contributed by atoms with Crippen molar-refractivity contribution >= 4 is 11.9 Å². The third-order valence-corrected chi connectivity index (χ3v) is 4.07. The summed E-state index contributed by atoms with van der Waals surface area (Å²) < 4.78 is 10.1. The SMILES string of the molecule is CCCCCCCCCCCC(=O)OCCOC(=O)c1ccccc1. The molecule has 0 atom stereocenters. The van der Waals surface area contributed by atoms with Gasteiger partial charge in [0, 0.05) is 6.42 Å². The standard InChI is InChI=1S/C21H32O4/c1-2-3-4-5-6-7-8-9-13-16-20(22)24-17-18-25-21(23)19-14-11-10-12-15-19/h10-12,14-15H,2-9,13,16-18H2,1H3. The average molecular weight is 348 g/mol. The Labute approximate surface area is 151 Å². The van der Waals surface area contributed by atoms with Crippen LogP contribution in [0.2, 0.25) is 0 Å². The molecule has 0 fully saturated rings. The molecule has 0 saturated carbocycles. The van der Waals surface area contributed by atoms with E-state index in [-0.39, 0.29) is 19.2 Å². The lowest BCUT2D eigenvalue weighted by Gasteiger charge is -2.06. The van der Waals surface area contributed by atoms with Crippen molar-refractivity contribution in [3.05, 3.63) is 35.9 Å². The quantitative estimate of drug-likeness (QED) is 0.338. The zero-order chi connectivity index (χ0) is 18.2. The van der Waals surface area contributed by atoms with E-state index in [0.717, 1.165) is 12.8 Å². The van der Waals surface area contributed by atoms with Crippen molar-refractivity contribution in [3.63, 3.8) is 0 Å². The number of benzene rings is 1. The minimum absolute atomic E-state index is 0.0945. The maximum atomic E-state index is 11.7. The lowest BCUT2D eigenvalue weighted by atomic mass is 10.1. The summed E-state index contributed by atoms with van der Waals surface area (Å²) in [7, 11) is 0.